The minimum absolute atomic E-state index is 0.0950. The maximum Gasteiger partial charge on any atom is 0.222 e. The quantitative estimate of drug-likeness (QED) is 0.679. The Bertz CT molecular complexity index is 574. The van der Waals surface area contributed by atoms with E-state index in [0.29, 0.717) is 22.1 Å². The van der Waals surface area contributed by atoms with Gasteiger partial charge in [0.1, 0.15) is 5.69 Å². The fourth-order valence-electron chi connectivity index (χ4n) is 1.54. The molecule has 2 aromatic heterocycles. The highest BCUT2D eigenvalue weighted by molar-refractivity contribution is 9.13. The van der Waals surface area contributed by atoms with Crippen molar-refractivity contribution in [1.82, 2.24) is 9.78 Å². The second kappa shape index (κ2) is 5.86. The molecule has 18 heavy (non-hydrogen) atoms. The van der Waals surface area contributed by atoms with Gasteiger partial charge >= 0.3 is 0 Å². The molecule has 7 heteroatoms. The summed E-state index contributed by atoms with van der Waals surface area (Å²) in [5.74, 6) is -0.0950. The highest BCUT2D eigenvalue weighted by Crippen LogP contribution is 2.34. The molecule has 0 spiro atoms. The van der Waals surface area contributed by atoms with Crippen molar-refractivity contribution in [2.24, 2.45) is 0 Å². The molecule has 2 aromatic rings. The van der Waals surface area contributed by atoms with Crippen molar-refractivity contribution in [3.8, 4) is 0 Å². The Morgan fingerprint density at radius 2 is 2.28 bits per heavy atom. The van der Waals surface area contributed by atoms with Gasteiger partial charge in [0.25, 0.3) is 0 Å². The third kappa shape index (κ3) is 2.71. The van der Waals surface area contributed by atoms with E-state index in [2.05, 4.69) is 37.0 Å². The van der Waals surface area contributed by atoms with E-state index < -0.39 is 0 Å². The van der Waals surface area contributed by atoms with Gasteiger partial charge in [-0.15, -0.1) is 11.3 Å². The predicted molar refractivity (Wildman–Crippen MR) is 80.7 cm³/mol. The van der Waals surface area contributed by atoms with Crippen LogP contribution in [0, 0.1) is 0 Å². The summed E-state index contributed by atoms with van der Waals surface area (Å²) in [5, 5.41) is 4.52. The zero-order valence-electron chi connectivity index (χ0n) is 9.41. The molecule has 0 aliphatic carbocycles. The molecule has 0 saturated carbocycles. The van der Waals surface area contributed by atoms with E-state index in [1.54, 1.807) is 10.7 Å². The van der Waals surface area contributed by atoms with Gasteiger partial charge in [0.15, 0.2) is 0 Å². The summed E-state index contributed by atoms with van der Waals surface area (Å²) in [7, 11) is 0. The first-order chi connectivity index (χ1) is 8.54. The summed E-state index contributed by atoms with van der Waals surface area (Å²) in [4.78, 5) is 13.0. The molecule has 0 fully saturated rings. The monoisotopic (exact) mass is 410 g/mol. The molecule has 0 radical (unpaired) electrons. The van der Waals surface area contributed by atoms with Gasteiger partial charge in [-0.3, -0.25) is 9.48 Å². The van der Waals surface area contributed by atoms with Crippen molar-refractivity contribution in [3.63, 3.8) is 0 Å². The Labute approximate surface area is 130 Å². The number of aromatic nitrogens is 2. The summed E-state index contributed by atoms with van der Waals surface area (Å²) in [6.07, 6.45) is 2.41. The topological polar surface area (TPSA) is 34.9 Å². The van der Waals surface area contributed by atoms with Crippen molar-refractivity contribution in [1.29, 1.82) is 0 Å². The first-order valence-corrected chi connectivity index (χ1v) is 8.03. The summed E-state index contributed by atoms with van der Waals surface area (Å²) in [6.45, 7) is 2.71. The summed E-state index contributed by atoms with van der Waals surface area (Å²) in [5.41, 5.74) is 0.458. The second-order valence-electron chi connectivity index (χ2n) is 3.63. The van der Waals surface area contributed by atoms with E-state index in [-0.39, 0.29) is 5.78 Å². The molecule has 2 rings (SSSR count). The lowest BCUT2D eigenvalue weighted by Crippen LogP contribution is -2.11. The molecule has 0 aliphatic heterocycles. The van der Waals surface area contributed by atoms with E-state index in [1.807, 2.05) is 6.92 Å². The smallest absolute Gasteiger partial charge is 0.222 e. The third-order valence-electron chi connectivity index (χ3n) is 2.31. The zero-order chi connectivity index (χ0) is 13.3. The number of thiophene rings is 1. The molecule has 0 aromatic carbocycles. The molecular formula is C11H9Br2ClN2OS. The Balaban J connectivity index is 2.42. The van der Waals surface area contributed by atoms with Crippen LogP contribution in [0.5, 0.6) is 0 Å². The Morgan fingerprint density at radius 3 is 2.83 bits per heavy atom. The number of hydrogen-bond donors (Lipinski definition) is 0. The fraction of sp³-hybridized carbons (Fsp3) is 0.273. The van der Waals surface area contributed by atoms with Crippen LogP contribution in [-0.2, 0) is 6.54 Å². The van der Waals surface area contributed by atoms with Crippen LogP contribution in [-0.4, -0.2) is 15.6 Å². The average molecular weight is 413 g/mol. The van der Waals surface area contributed by atoms with Crippen molar-refractivity contribution in [2.75, 3.05) is 0 Å². The lowest BCUT2D eigenvalue weighted by molar-refractivity contribution is 0.103. The molecular weight excluding hydrogens is 403 g/mol. The van der Waals surface area contributed by atoms with Crippen molar-refractivity contribution < 1.29 is 4.79 Å². The highest BCUT2D eigenvalue weighted by Gasteiger charge is 2.21. The molecule has 0 bridgehead atoms. The van der Waals surface area contributed by atoms with Gasteiger partial charge in [0, 0.05) is 11.0 Å². The van der Waals surface area contributed by atoms with Gasteiger partial charge in [0.2, 0.25) is 5.78 Å². The van der Waals surface area contributed by atoms with Crippen LogP contribution in [0.2, 0.25) is 5.02 Å². The number of ketones is 1. The van der Waals surface area contributed by atoms with E-state index in [4.69, 9.17) is 11.6 Å². The van der Waals surface area contributed by atoms with Crippen molar-refractivity contribution >= 4 is 60.6 Å². The number of carbonyl (C=O) groups excluding carboxylic acids is 1. The normalized spacial score (nSPS) is 10.9. The highest BCUT2D eigenvalue weighted by atomic mass is 79.9. The van der Waals surface area contributed by atoms with Gasteiger partial charge in [-0.25, -0.2) is 0 Å². The van der Waals surface area contributed by atoms with Crippen LogP contribution in [0.4, 0.5) is 0 Å². The van der Waals surface area contributed by atoms with Gasteiger partial charge in [-0.2, -0.15) is 5.10 Å². The first kappa shape index (κ1) is 14.2. The molecule has 0 saturated heterocycles. The Morgan fingerprint density at radius 1 is 1.56 bits per heavy atom. The van der Waals surface area contributed by atoms with Crippen molar-refractivity contribution in [3.05, 3.63) is 36.1 Å². The number of nitrogens with zero attached hydrogens (tertiary/aromatic N) is 2. The summed E-state index contributed by atoms with van der Waals surface area (Å²) in [6, 6.07) is 1.79. The molecule has 0 aliphatic rings. The van der Waals surface area contributed by atoms with Gasteiger partial charge in [0.05, 0.1) is 19.9 Å². The number of aryl methyl sites for hydroxylation is 1. The van der Waals surface area contributed by atoms with Crippen LogP contribution >= 0.6 is 54.8 Å². The van der Waals surface area contributed by atoms with E-state index in [1.165, 1.54) is 17.5 Å². The van der Waals surface area contributed by atoms with E-state index in [9.17, 15) is 4.79 Å². The third-order valence-corrected chi connectivity index (χ3v) is 5.85. The number of carbonyl (C=O) groups is 1. The molecule has 0 atom stereocenters. The molecule has 96 valence electrons. The average Bonchev–Trinajstić information content (AvgIpc) is 2.84. The predicted octanol–water partition coefficient (Wildman–Crippen LogP) is 4.76. The maximum atomic E-state index is 12.4. The van der Waals surface area contributed by atoms with Crippen LogP contribution in [0.3, 0.4) is 0 Å². The van der Waals surface area contributed by atoms with E-state index in [0.717, 1.165) is 14.7 Å². The summed E-state index contributed by atoms with van der Waals surface area (Å²) >= 11 is 14.2. The summed E-state index contributed by atoms with van der Waals surface area (Å²) < 4.78 is 3.42. The van der Waals surface area contributed by atoms with Crippen LogP contribution in [0.15, 0.2) is 20.5 Å². The molecule has 0 amide bonds. The Hall–Kier alpha value is -0.170. The minimum atomic E-state index is -0.0950. The standard InChI is InChI=1S/C11H9Br2ClN2OS/c1-2-3-16-9(7(14)5-15-16)10(17)8-4-6(12)11(13)18-8/h4-5H,2-3H2,1H3. The maximum absolute atomic E-state index is 12.4. The lowest BCUT2D eigenvalue weighted by atomic mass is 10.2. The fourth-order valence-corrected chi connectivity index (χ4v) is 3.75. The van der Waals surface area contributed by atoms with Crippen LogP contribution < -0.4 is 0 Å². The zero-order valence-corrected chi connectivity index (χ0v) is 14.2. The second-order valence-corrected chi connectivity index (χ2v) is 7.26. The van der Waals surface area contributed by atoms with Crippen LogP contribution in [0.25, 0.3) is 0 Å². The molecule has 2 heterocycles. The minimum Gasteiger partial charge on any atom is -0.286 e. The number of hydrogen-bond acceptors (Lipinski definition) is 3. The van der Waals surface area contributed by atoms with Gasteiger partial charge < -0.3 is 0 Å². The van der Waals surface area contributed by atoms with Crippen molar-refractivity contribution in [2.45, 2.75) is 19.9 Å². The molecule has 0 unspecified atom stereocenters. The van der Waals surface area contributed by atoms with Crippen LogP contribution in [0.1, 0.15) is 28.7 Å². The SMILES string of the molecule is CCCn1ncc(Cl)c1C(=O)c1cc(Br)c(Br)s1. The number of rotatable bonds is 4. The lowest BCUT2D eigenvalue weighted by Gasteiger charge is -2.04. The van der Waals surface area contributed by atoms with Gasteiger partial charge in [-0.1, -0.05) is 18.5 Å². The number of halogens is 3. The van der Waals surface area contributed by atoms with E-state index >= 15 is 0 Å². The largest absolute Gasteiger partial charge is 0.286 e. The first-order valence-electron chi connectivity index (χ1n) is 5.25. The molecule has 0 N–H and O–H groups in total. The molecule has 3 nitrogen and oxygen atoms in total. The van der Waals surface area contributed by atoms with Gasteiger partial charge in [-0.05, 0) is 44.3 Å². The Kier molecular flexibility index (Phi) is 4.64.